The second-order valence-corrected chi connectivity index (χ2v) is 5.17. The molecule has 2 atom stereocenters. The Balaban J connectivity index is 2.16. The van der Waals surface area contributed by atoms with Gasteiger partial charge in [0, 0.05) is 6.54 Å². The number of hydrogen-bond donors (Lipinski definition) is 2. The molecule has 112 valence electrons. The molecule has 0 aliphatic carbocycles. The Labute approximate surface area is 122 Å². The molecule has 1 aromatic carbocycles. The van der Waals surface area contributed by atoms with E-state index >= 15 is 0 Å². The molecule has 1 aliphatic rings. The molecule has 1 saturated heterocycles. The lowest BCUT2D eigenvalue weighted by Gasteiger charge is -2.25. The second-order valence-electron chi connectivity index (χ2n) is 5.17. The number of likely N-dealkylation sites (tertiary alicyclic amines) is 1. The van der Waals surface area contributed by atoms with Crippen LogP contribution in [0.25, 0.3) is 0 Å². The molecule has 21 heavy (non-hydrogen) atoms. The maximum absolute atomic E-state index is 12.5. The zero-order chi connectivity index (χ0) is 15.4. The monoisotopic (exact) mass is 290 g/mol. The zero-order valence-electron chi connectivity index (χ0n) is 11.6. The zero-order valence-corrected chi connectivity index (χ0v) is 11.6. The van der Waals surface area contributed by atoms with Crippen molar-refractivity contribution in [3.05, 3.63) is 35.9 Å². The molecule has 1 unspecified atom stereocenters. The largest absolute Gasteiger partial charge is 0.480 e. The molecule has 2 rings (SSSR count). The first-order valence-electron chi connectivity index (χ1n) is 6.87. The number of rotatable bonds is 5. The van der Waals surface area contributed by atoms with Crippen molar-refractivity contribution in [1.29, 1.82) is 0 Å². The van der Waals surface area contributed by atoms with E-state index < -0.39 is 29.7 Å². The lowest BCUT2D eigenvalue weighted by Crippen LogP contribution is -2.47. The summed E-state index contributed by atoms with van der Waals surface area (Å²) in [6.45, 7) is 0.356. The van der Waals surface area contributed by atoms with E-state index in [1.807, 2.05) is 30.3 Å². The first-order chi connectivity index (χ1) is 10.0. The molecule has 1 aliphatic heterocycles. The summed E-state index contributed by atoms with van der Waals surface area (Å²) in [4.78, 5) is 36.5. The minimum absolute atomic E-state index is 0.192. The summed E-state index contributed by atoms with van der Waals surface area (Å²) >= 11 is 0. The Kier molecular flexibility index (Phi) is 4.57. The lowest BCUT2D eigenvalue weighted by molar-refractivity contribution is -0.151. The molecular formula is C15H18N2O4. The number of primary amides is 1. The number of nitrogens with zero attached hydrogens (tertiary/aromatic N) is 1. The minimum atomic E-state index is -1.04. The van der Waals surface area contributed by atoms with Gasteiger partial charge in [0.25, 0.3) is 0 Å². The number of benzene rings is 1. The molecule has 1 aromatic rings. The Hall–Kier alpha value is -2.37. The van der Waals surface area contributed by atoms with E-state index in [4.69, 9.17) is 10.8 Å². The number of nitrogens with two attached hydrogens (primary N) is 1. The molecule has 0 aromatic heterocycles. The average Bonchev–Trinajstić information content (AvgIpc) is 2.94. The number of carboxylic acids is 1. The predicted molar refractivity (Wildman–Crippen MR) is 75.2 cm³/mol. The minimum Gasteiger partial charge on any atom is -0.480 e. The molecule has 0 bridgehead atoms. The first kappa shape index (κ1) is 15.0. The summed E-state index contributed by atoms with van der Waals surface area (Å²) in [6, 6.07) is 8.23. The van der Waals surface area contributed by atoms with E-state index in [2.05, 4.69) is 0 Å². The van der Waals surface area contributed by atoms with Crippen LogP contribution in [0.3, 0.4) is 0 Å². The fraction of sp³-hybridized carbons (Fsp3) is 0.400. The van der Waals surface area contributed by atoms with Crippen LogP contribution in [0.15, 0.2) is 30.3 Å². The molecule has 0 radical (unpaired) electrons. The van der Waals surface area contributed by atoms with Gasteiger partial charge in [-0.25, -0.2) is 4.79 Å². The third-order valence-electron chi connectivity index (χ3n) is 3.75. The predicted octanol–water partition coefficient (Wildman–Crippen LogP) is 0.406. The summed E-state index contributed by atoms with van der Waals surface area (Å²) in [5, 5.41) is 9.13. The average molecular weight is 290 g/mol. The topological polar surface area (TPSA) is 101 Å². The van der Waals surface area contributed by atoms with Crippen LogP contribution in [0.1, 0.15) is 18.4 Å². The van der Waals surface area contributed by atoms with Gasteiger partial charge in [-0.05, 0) is 24.8 Å². The van der Waals surface area contributed by atoms with Gasteiger partial charge in [0.2, 0.25) is 11.8 Å². The summed E-state index contributed by atoms with van der Waals surface area (Å²) in [6.07, 6.45) is 1.23. The standard InChI is InChI=1S/C15H18N2O4/c16-13(18)11(9-10-5-2-1-3-6-10)14(19)17-8-4-7-12(17)15(20)21/h1-3,5-6,11-12H,4,7-9H2,(H2,16,18)(H,20,21)/t11?,12-/m0/s1. The number of amides is 2. The van der Waals surface area contributed by atoms with Crippen molar-refractivity contribution in [2.75, 3.05) is 6.54 Å². The van der Waals surface area contributed by atoms with Crippen LogP contribution >= 0.6 is 0 Å². The number of carbonyl (C=O) groups is 3. The van der Waals surface area contributed by atoms with Crippen LogP contribution in [0.5, 0.6) is 0 Å². The van der Waals surface area contributed by atoms with Gasteiger partial charge in [0.15, 0.2) is 0 Å². The van der Waals surface area contributed by atoms with Gasteiger partial charge in [-0.1, -0.05) is 30.3 Å². The maximum atomic E-state index is 12.5. The molecule has 1 heterocycles. The third kappa shape index (κ3) is 3.39. The summed E-state index contributed by atoms with van der Waals surface area (Å²) in [5.41, 5.74) is 6.16. The molecule has 2 amide bonds. The second kappa shape index (κ2) is 6.39. The number of hydrogen-bond acceptors (Lipinski definition) is 3. The van der Waals surface area contributed by atoms with E-state index in [-0.39, 0.29) is 6.42 Å². The van der Waals surface area contributed by atoms with Crippen molar-refractivity contribution in [1.82, 2.24) is 4.90 Å². The van der Waals surface area contributed by atoms with E-state index in [9.17, 15) is 14.4 Å². The van der Waals surface area contributed by atoms with Gasteiger partial charge in [-0.3, -0.25) is 9.59 Å². The summed E-state index contributed by atoms with van der Waals surface area (Å²) in [7, 11) is 0. The van der Waals surface area contributed by atoms with Gasteiger partial charge >= 0.3 is 5.97 Å². The van der Waals surface area contributed by atoms with Gasteiger partial charge in [0.1, 0.15) is 12.0 Å². The molecule has 0 saturated carbocycles. The first-order valence-corrected chi connectivity index (χ1v) is 6.87. The van der Waals surface area contributed by atoms with Gasteiger partial charge in [-0.15, -0.1) is 0 Å². The Morgan fingerprint density at radius 3 is 2.52 bits per heavy atom. The molecular weight excluding hydrogens is 272 g/mol. The van der Waals surface area contributed by atoms with Crippen LogP contribution in [0.2, 0.25) is 0 Å². The van der Waals surface area contributed by atoms with Crippen molar-refractivity contribution in [3.8, 4) is 0 Å². The van der Waals surface area contributed by atoms with Crippen molar-refractivity contribution in [2.45, 2.75) is 25.3 Å². The van der Waals surface area contributed by atoms with Gasteiger partial charge in [0.05, 0.1) is 0 Å². The Morgan fingerprint density at radius 1 is 1.29 bits per heavy atom. The van der Waals surface area contributed by atoms with E-state index in [0.717, 1.165) is 5.56 Å². The van der Waals surface area contributed by atoms with Crippen molar-refractivity contribution >= 4 is 17.8 Å². The number of carboxylic acid groups (broad SMARTS) is 1. The quantitative estimate of drug-likeness (QED) is 0.767. The number of aliphatic carboxylic acids is 1. The Morgan fingerprint density at radius 2 is 1.95 bits per heavy atom. The van der Waals surface area contributed by atoms with E-state index in [0.29, 0.717) is 19.4 Å². The fourth-order valence-electron chi connectivity index (χ4n) is 2.65. The van der Waals surface area contributed by atoms with Crippen LogP contribution < -0.4 is 5.73 Å². The highest BCUT2D eigenvalue weighted by molar-refractivity contribution is 6.01. The van der Waals surface area contributed by atoms with Crippen molar-refractivity contribution in [2.24, 2.45) is 11.7 Å². The normalized spacial score (nSPS) is 19.2. The highest BCUT2D eigenvalue weighted by Crippen LogP contribution is 2.21. The highest BCUT2D eigenvalue weighted by atomic mass is 16.4. The van der Waals surface area contributed by atoms with Crippen molar-refractivity contribution in [3.63, 3.8) is 0 Å². The summed E-state index contributed by atoms with van der Waals surface area (Å²) < 4.78 is 0. The molecule has 3 N–H and O–H groups in total. The Bertz CT molecular complexity index is 544. The van der Waals surface area contributed by atoms with Gasteiger partial charge < -0.3 is 15.7 Å². The molecule has 1 fully saturated rings. The maximum Gasteiger partial charge on any atom is 0.326 e. The van der Waals surface area contributed by atoms with Crippen LogP contribution in [0, 0.1) is 5.92 Å². The lowest BCUT2D eigenvalue weighted by atomic mass is 9.97. The molecule has 0 spiro atoms. The highest BCUT2D eigenvalue weighted by Gasteiger charge is 2.38. The molecule has 6 nitrogen and oxygen atoms in total. The van der Waals surface area contributed by atoms with Gasteiger partial charge in [-0.2, -0.15) is 0 Å². The third-order valence-corrected chi connectivity index (χ3v) is 3.75. The van der Waals surface area contributed by atoms with Crippen molar-refractivity contribution < 1.29 is 19.5 Å². The fourth-order valence-corrected chi connectivity index (χ4v) is 2.65. The van der Waals surface area contributed by atoms with E-state index in [1.165, 1.54) is 4.90 Å². The molecule has 6 heteroatoms. The number of carbonyl (C=O) groups excluding carboxylic acids is 2. The van der Waals surface area contributed by atoms with Crippen LogP contribution in [0.4, 0.5) is 0 Å². The SMILES string of the molecule is NC(=O)C(Cc1ccccc1)C(=O)N1CCC[C@H]1C(=O)O. The van der Waals surface area contributed by atoms with Crippen LogP contribution in [-0.2, 0) is 20.8 Å². The van der Waals surface area contributed by atoms with Crippen LogP contribution in [-0.4, -0.2) is 40.4 Å². The van der Waals surface area contributed by atoms with E-state index in [1.54, 1.807) is 0 Å². The smallest absolute Gasteiger partial charge is 0.326 e. The summed E-state index contributed by atoms with van der Waals surface area (Å²) in [5.74, 6) is -3.27.